The summed E-state index contributed by atoms with van der Waals surface area (Å²) in [7, 11) is -5.59. The average Bonchev–Trinajstić information content (AvgIpc) is 0.728. The minimum absolute atomic E-state index is 0.0146. The summed E-state index contributed by atoms with van der Waals surface area (Å²) < 4.78 is 160. The third-order valence-corrected chi connectivity index (χ3v) is 37.7. The lowest BCUT2D eigenvalue weighted by Crippen LogP contribution is -2.61. The summed E-state index contributed by atoms with van der Waals surface area (Å²) in [5, 5.41) is -3.20. The number of sulfonamides is 1. The molecule has 3 atom stereocenters. The SMILES string of the molecule is CC(F)(F)C(F)(F)C(F)(F)S(=O)(=O)N1CCC2CCCCC2C1.CC(F)(F)C(F)COC(=O)C12CC3CC(CC(C3)C1)C2.Cc1c(C2CCCCC2)cc(C2CCCCC2)cc1C1CCCCC1.c1ccc([S+](c2ccccc2)c2ccccc2)cc1.c1ccc([S+](c2ccccc2)c2ccccc2)cc1.c1ccc2c([S+]3CCOCC3)ccc(OCC3CCCCC3)c2c1. The molecule has 0 aromatic heterocycles. The van der Waals surface area contributed by atoms with Crippen LogP contribution >= 0.6 is 0 Å². The second kappa shape index (κ2) is 46.4. The number of hydrogen-bond acceptors (Lipinski definition) is 6. The maximum Gasteiger partial charge on any atom is 0.427 e. The van der Waals surface area contributed by atoms with Gasteiger partial charge in [0, 0.05) is 48.6 Å². The molecule has 3 unspecified atom stereocenters. The lowest BCUT2D eigenvalue weighted by molar-refractivity contribution is -0.272. The Bertz CT molecular complexity index is 4680. The molecule has 0 radical (unpaired) electrons. The minimum Gasteiger partial charge on any atom is -0.493 e. The Morgan fingerprint density at radius 3 is 1.26 bits per heavy atom. The van der Waals surface area contributed by atoms with Crippen LogP contribution in [-0.2, 0) is 57.0 Å². The first-order chi connectivity index (χ1) is 62.7. The zero-order valence-corrected chi connectivity index (χ0v) is 79.5. The number of hydrogen-bond donors (Lipinski definition) is 0. The number of esters is 1. The van der Waals surface area contributed by atoms with Crippen LogP contribution in [0.4, 0.5) is 39.5 Å². The Morgan fingerprint density at radius 1 is 0.477 bits per heavy atom. The van der Waals surface area contributed by atoms with E-state index in [9.17, 15) is 52.7 Å². The fourth-order valence-electron chi connectivity index (χ4n) is 22.4. The van der Waals surface area contributed by atoms with E-state index in [-0.39, 0.29) is 57.4 Å². The second-order valence-corrected chi connectivity index (χ2v) is 46.7. The van der Waals surface area contributed by atoms with Crippen LogP contribution in [0.2, 0.25) is 0 Å². The lowest BCUT2D eigenvalue weighted by atomic mass is 9.49. The largest absolute Gasteiger partial charge is 0.493 e. The van der Waals surface area contributed by atoms with Crippen LogP contribution in [0.1, 0.15) is 253 Å². The molecule has 2 heterocycles. The molecule has 700 valence electrons. The molecule has 0 N–H and O–H groups in total. The van der Waals surface area contributed by atoms with Crippen molar-refractivity contribution in [2.45, 2.75) is 301 Å². The summed E-state index contributed by atoms with van der Waals surface area (Å²) in [6.07, 6.45) is 35.7. The van der Waals surface area contributed by atoms with Gasteiger partial charge in [0.05, 0.1) is 47.0 Å². The van der Waals surface area contributed by atoms with Crippen molar-refractivity contribution in [1.29, 1.82) is 0 Å². The standard InChI is InChI=1S/C25H38.C21H27O2S.2C18H15S.C15H21F3O2.C13H19F6NO2S/c1-19-24(21-13-7-3-8-14-21)17-23(20-11-5-2-6-12-20)18-25(19)22-15-9-4-10-16-22;1-2-6-17(7-3-1)16-23-20-10-11-21(24-14-12-22-13-15-24)19-9-5-4-8-18(19)20;2*1-4-10-16(11-5-1)19(17-12-6-2-7-13-17)18-14-8-3-9-15-18;1-14(17,18)12(16)8-20-13(19)15-5-9-2-10(6-15)4-11(3-9)7-15;1-11(14,15)12(16,17)13(18,19)23(21,22)20-7-6-9-4-2-3-5-10(9)8-20/h17-18,20-22H,2-16H2,1H3;4-5,8-11,17H,1-3,6-7,12-16H2;2*1-15H;9-12H,2-8H2,1H3;9-10H,2-8H2,1H3/q;3*+1;;. The van der Waals surface area contributed by atoms with Gasteiger partial charge in [-0.05, 0) is 276 Å². The monoisotopic (exact) mass is 1860 g/mol. The number of carbonyl (C=O) groups is 1. The molecule has 130 heavy (non-hydrogen) atoms. The molecular weight excluding hydrogens is 1730 g/mol. The fraction of sp³-hybridized carbons (Fsp3) is 0.518. The highest BCUT2D eigenvalue weighted by atomic mass is 32.2. The Kier molecular flexibility index (Phi) is 35.2. The molecule has 9 aromatic carbocycles. The molecule has 0 amide bonds. The quantitative estimate of drug-likeness (QED) is 0.0405. The van der Waals surface area contributed by atoms with Crippen LogP contribution in [0, 0.1) is 47.8 Å². The molecule has 4 bridgehead atoms. The van der Waals surface area contributed by atoms with Crippen LogP contribution in [0.25, 0.3) is 10.8 Å². The van der Waals surface area contributed by atoms with Crippen molar-refractivity contribution in [2.75, 3.05) is 51.0 Å². The normalized spacial score (nSPS) is 22.9. The van der Waals surface area contributed by atoms with Gasteiger partial charge in [-0.3, -0.25) is 4.79 Å². The summed E-state index contributed by atoms with van der Waals surface area (Å²) in [5.74, 6) is -6.62. The Labute approximate surface area is 776 Å². The third-order valence-electron chi connectivity index (χ3n) is 29.1. The molecule has 20 heteroatoms. The first-order valence-corrected chi connectivity index (χ1v) is 53.9. The van der Waals surface area contributed by atoms with Gasteiger partial charge in [-0.15, -0.1) is 0 Å². The van der Waals surface area contributed by atoms with Gasteiger partial charge in [-0.2, -0.15) is 30.6 Å². The van der Waals surface area contributed by atoms with E-state index in [0.717, 1.165) is 99.3 Å². The van der Waals surface area contributed by atoms with E-state index in [1.165, 1.54) is 193 Å². The predicted molar refractivity (Wildman–Crippen MR) is 512 cm³/mol. The summed E-state index contributed by atoms with van der Waals surface area (Å²) in [5.41, 5.74) is 6.45. The molecule has 2 aliphatic heterocycles. The highest BCUT2D eigenvalue weighted by Crippen LogP contribution is 2.61. The van der Waals surface area contributed by atoms with E-state index in [0.29, 0.717) is 42.0 Å². The van der Waals surface area contributed by atoms with E-state index in [2.05, 4.69) is 237 Å². The van der Waals surface area contributed by atoms with Gasteiger partial charge in [-0.1, -0.05) is 236 Å². The average molecular weight is 1870 g/mol. The topological polar surface area (TPSA) is 82.1 Å². The van der Waals surface area contributed by atoms with Gasteiger partial charge in [0.25, 0.3) is 15.9 Å². The maximum atomic E-state index is 13.8. The molecular formula is C110H135F9NO6S4+3. The Balaban J connectivity index is 0.000000126. The molecule has 9 aromatic rings. The molecule has 0 spiro atoms. The number of ether oxygens (including phenoxy) is 3. The minimum atomic E-state index is -5.98. The zero-order valence-electron chi connectivity index (χ0n) is 76.2. The molecule has 11 aliphatic rings. The zero-order chi connectivity index (χ0) is 91.3. The van der Waals surface area contributed by atoms with E-state index in [1.807, 2.05) is 0 Å². The summed E-state index contributed by atoms with van der Waals surface area (Å²) in [4.78, 5) is 22.0. The Morgan fingerprint density at radius 2 is 0.854 bits per heavy atom. The van der Waals surface area contributed by atoms with Crippen molar-refractivity contribution in [2.24, 2.45) is 40.9 Å². The van der Waals surface area contributed by atoms with Crippen LogP contribution in [0.15, 0.2) is 265 Å². The summed E-state index contributed by atoms with van der Waals surface area (Å²) >= 11 is 0. The van der Waals surface area contributed by atoms with Crippen molar-refractivity contribution in [3.63, 3.8) is 0 Å². The number of nitrogens with zero attached hydrogens (tertiary/aromatic N) is 1. The molecule has 9 aliphatic carbocycles. The Hall–Kier alpha value is -7.20. The molecule has 20 rings (SSSR count). The van der Waals surface area contributed by atoms with Crippen LogP contribution in [0.3, 0.4) is 0 Å². The van der Waals surface area contributed by atoms with Crippen molar-refractivity contribution >= 4 is 59.4 Å². The number of fused-ring (bicyclic) bond motifs is 2. The van der Waals surface area contributed by atoms with E-state index >= 15 is 0 Å². The van der Waals surface area contributed by atoms with Crippen LogP contribution < -0.4 is 4.74 Å². The predicted octanol–water partition coefficient (Wildman–Crippen LogP) is 30.0. The van der Waals surface area contributed by atoms with Crippen LogP contribution in [0.5, 0.6) is 5.75 Å². The van der Waals surface area contributed by atoms with E-state index in [1.54, 1.807) is 22.3 Å². The van der Waals surface area contributed by atoms with Crippen LogP contribution in [-0.4, -0.2) is 98.9 Å². The smallest absolute Gasteiger partial charge is 0.427 e. The van der Waals surface area contributed by atoms with Crippen molar-refractivity contribution < 1.29 is 66.9 Å². The third kappa shape index (κ3) is 25.1. The number of benzene rings is 9. The summed E-state index contributed by atoms with van der Waals surface area (Å²) in [6, 6.07) is 83.0. The van der Waals surface area contributed by atoms with Crippen molar-refractivity contribution in [3.8, 4) is 5.75 Å². The molecule has 2 saturated heterocycles. The lowest BCUT2D eigenvalue weighted by Gasteiger charge is -2.55. The first kappa shape index (κ1) is 98.8. The van der Waals surface area contributed by atoms with Gasteiger partial charge in [0.15, 0.2) is 40.4 Å². The van der Waals surface area contributed by atoms with E-state index in [4.69, 9.17) is 14.2 Å². The maximum absolute atomic E-state index is 13.8. The molecule has 9 saturated carbocycles. The highest BCUT2D eigenvalue weighted by Gasteiger charge is 2.76. The fourth-order valence-corrected chi connectivity index (χ4v) is 30.2. The number of halogens is 9. The van der Waals surface area contributed by atoms with Crippen molar-refractivity contribution in [3.05, 3.63) is 253 Å². The van der Waals surface area contributed by atoms with Gasteiger partial charge >= 0.3 is 23.1 Å². The van der Waals surface area contributed by atoms with Gasteiger partial charge in [0.1, 0.15) is 23.9 Å². The first-order valence-electron chi connectivity index (χ1n) is 48.4. The second-order valence-electron chi connectivity index (χ2n) is 38.4. The summed E-state index contributed by atoms with van der Waals surface area (Å²) in [6.45, 7) is 3.76. The number of carbonyl (C=O) groups excluding carboxylic acids is 1. The van der Waals surface area contributed by atoms with Gasteiger partial charge in [-0.25, -0.2) is 21.6 Å². The molecule has 11 fully saturated rings. The van der Waals surface area contributed by atoms with Gasteiger partial charge in [0.2, 0.25) is 0 Å². The van der Waals surface area contributed by atoms with Crippen molar-refractivity contribution in [1.82, 2.24) is 4.31 Å². The van der Waals surface area contributed by atoms with Gasteiger partial charge < -0.3 is 14.2 Å². The number of piperidine rings is 1. The number of alkyl halides is 9. The number of rotatable bonds is 21. The molecule has 7 nitrogen and oxygen atoms in total. The van der Waals surface area contributed by atoms with E-state index < -0.39 is 64.1 Å². The highest BCUT2D eigenvalue weighted by molar-refractivity contribution is 7.97.